The standard InChI is InChI=1S/C27H31N3O2/c1-30-13-3-2-4-14-32-26-11-10-24(27(31)29-19-23-9-6-12-28-18-23)17-25(26)16-21-7-5-8-22(15-21)20-30/h5-12,15,17-18H,2-4,13-14,16,19-20H2,1H3,(H,29,31). The Labute approximate surface area is 190 Å². The van der Waals surface area contributed by atoms with Crippen LogP contribution < -0.4 is 10.1 Å². The molecule has 0 fully saturated rings. The van der Waals surface area contributed by atoms with Crippen molar-refractivity contribution >= 4 is 5.91 Å². The van der Waals surface area contributed by atoms with Gasteiger partial charge in [-0.2, -0.15) is 0 Å². The van der Waals surface area contributed by atoms with Crippen molar-refractivity contribution in [1.82, 2.24) is 15.2 Å². The lowest BCUT2D eigenvalue weighted by Gasteiger charge is -2.19. The lowest BCUT2D eigenvalue weighted by molar-refractivity contribution is 0.0950. The summed E-state index contributed by atoms with van der Waals surface area (Å²) < 4.78 is 6.14. The zero-order valence-electron chi connectivity index (χ0n) is 18.7. The van der Waals surface area contributed by atoms with E-state index in [0.29, 0.717) is 18.7 Å². The topological polar surface area (TPSA) is 54.5 Å². The molecule has 0 atom stereocenters. The summed E-state index contributed by atoms with van der Waals surface area (Å²) in [6.45, 7) is 3.20. The fourth-order valence-corrected chi connectivity index (χ4v) is 4.08. The third kappa shape index (κ3) is 6.17. The highest BCUT2D eigenvalue weighted by Gasteiger charge is 2.13. The van der Waals surface area contributed by atoms with Gasteiger partial charge in [0.05, 0.1) is 6.61 Å². The number of carbonyl (C=O) groups excluding carboxylic acids is 1. The molecule has 1 aromatic heterocycles. The van der Waals surface area contributed by atoms with Gasteiger partial charge >= 0.3 is 0 Å². The summed E-state index contributed by atoms with van der Waals surface area (Å²) in [5.41, 5.74) is 5.21. The fourth-order valence-electron chi connectivity index (χ4n) is 4.08. The van der Waals surface area contributed by atoms with Crippen LogP contribution in [0, 0.1) is 0 Å². The molecule has 3 aromatic rings. The molecule has 32 heavy (non-hydrogen) atoms. The van der Waals surface area contributed by atoms with Gasteiger partial charge in [-0.3, -0.25) is 9.78 Å². The van der Waals surface area contributed by atoms with Crippen LogP contribution in [-0.4, -0.2) is 36.0 Å². The molecule has 0 unspecified atom stereocenters. The monoisotopic (exact) mass is 429 g/mol. The molecule has 1 amide bonds. The van der Waals surface area contributed by atoms with Crippen molar-refractivity contribution in [1.29, 1.82) is 0 Å². The fraction of sp³-hybridized carbons (Fsp3) is 0.333. The molecule has 2 heterocycles. The first-order valence-electron chi connectivity index (χ1n) is 11.4. The Hall–Kier alpha value is -3.18. The van der Waals surface area contributed by atoms with Gasteiger partial charge in [0.2, 0.25) is 0 Å². The third-order valence-electron chi connectivity index (χ3n) is 5.78. The van der Waals surface area contributed by atoms with Gasteiger partial charge in [-0.25, -0.2) is 0 Å². The van der Waals surface area contributed by atoms with Crippen molar-refractivity contribution in [2.24, 2.45) is 0 Å². The number of ether oxygens (including phenoxy) is 1. The van der Waals surface area contributed by atoms with Crippen LogP contribution in [0.2, 0.25) is 0 Å². The average molecular weight is 430 g/mol. The van der Waals surface area contributed by atoms with E-state index in [1.165, 1.54) is 17.5 Å². The quantitative estimate of drug-likeness (QED) is 0.661. The molecule has 0 spiro atoms. The van der Waals surface area contributed by atoms with Gasteiger partial charge in [-0.15, -0.1) is 0 Å². The zero-order valence-corrected chi connectivity index (χ0v) is 18.7. The molecule has 1 aliphatic rings. The van der Waals surface area contributed by atoms with Crippen LogP contribution in [0.4, 0.5) is 0 Å². The van der Waals surface area contributed by atoms with E-state index >= 15 is 0 Å². The smallest absolute Gasteiger partial charge is 0.251 e. The SMILES string of the molecule is CN1CCCCCOc2ccc(C(=O)NCc3cccnc3)cc2Cc2cccc(c2)C1. The van der Waals surface area contributed by atoms with Gasteiger partial charge < -0.3 is 15.0 Å². The number of rotatable bonds is 3. The summed E-state index contributed by atoms with van der Waals surface area (Å²) in [5, 5.41) is 2.99. The zero-order chi connectivity index (χ0) is 22.2. The summed E-state index contributed by atoms with van der Waals surface area (Å²) in [4.78, 5) is 19.3. The van der Waals surface area contributed by atoms with E-state index in [4.69, 9.17) is 4.74 Å². The number of nitrogens with zero attached hydrogens (tertiary/aromatic N) is 2. The lowest BCUT2D eigenvalue weighted by Crippen LogP contribution is -2.23. The van der Waals surface area contributed by atoms with Crippen molar-refractivity contribution in [3.63, 3.8) is 0 Å². The van der Waals surface area contributed by atoms with Crippen LogP contribution >= 0.6 is 0 Å². The van der Waals surface area contributed by atoms with Gasteiger partial charge in [-0.1, -0.05) is 30.3 Å². The number of nitrogens with one attached hydrogen (secondary N) is 1. The second-order valence-electron chi connectivity index (χ2n) is 8.51. The number of amides is 1. The number of pyridine rings is 1. The Morgan fingerprint density at radius 1 is 1.06 bits per heavy atom. The van der Waals surface area contributed by atoms with Crippen LogP contribution in [0.1, 0.15) is 51.9 Å². The number of benzene rings is 2. The summed E-state index contributed by atoms with van der Waals surface area (Å²) in [5.74, 6) is 0.778. The summed E-state index contributed by atoms with van der Waals surface area (Å²) in [7, 11) is 2.18. The number of carbonyl (C=O) groups is 1. The van der Waals surface area contributed by atoms with E-state index < -0.39 is 0 Å². The Bertz CT molecular complexity index is 1040. The summed E-state index contributed by atoms with van der Waals surface area (Å²) in [6, 6.07) is 18.3. The predicted octanol–water partition coefficient (Wildman–Crippen LogP) is 4.60. The van der Waals surface area contributed by atoms with Gasteiger partial charge in [-0.05, 0) is 79.4 Å². The van der Waals surface area contributed by atoms with Crippen LogP contribution in [-0.2, 0) is 19.5 Å². The lowest BCUT2D eigenvalue weighted by atomic mass is 9.99. The molecule has 2 aromatic carbocycles. The minimum absolute atomic E-state index is 0.0913. The van der Waals surface area contributed by atoms with E-state index in [1.807, 2.05) is 30.3 Å². The van der Waals surface area contributed by atoms with Gasteiger partial charge in [0.1, 0.15) is 5.75 Å². The molecule has 166 valence electrons. The molecular weight excluding hydrogens is 398 g/mol. The minimum atomic E-state index is -0.0913. The number of fused-ring (bicyclic) bond motifs is 3. The highest BCUT2D eigenvalue weighted by atomic mass is 16.5. The first-order chi connectivity index (χ1) is 15.7. The minimum Gasteiger partial charge on any atom is -0.493 e. The first-order valence-corrected chi connectivity index (χ1v) is 11.4. The third-order valence-corrected chi connectivity index (χ3v) is 5.78. The first kappa shape index (κ1) is 22.0. The van der Waals surface area contributed by atoms with E-state index in [9.17, 15) is 4.79 Å². The largest absolute Gasteiger partial charge is 0.493 e. The highest BCUT2D eigenvalue weighted by Crippen LogP contribution is 2.25. The molecule has 1 N–H and O–H groups in total. The Morgan fingerprint density at radius 3 is 2.84 bits per heavy atom. The predicted molar refractivity (Wildman–Crippen MR) is 127 cm³/mol. The molecule has 0 saturated carbocycles. The molecule has 4 rings (SSSR count). The van der Waals surface area contributed by atoms with E-state index in [1.54, 1.807) is 12.4 Å². The average Bonchev–Trinajstić information content (AvgIpc) is 2.81. The Balaban J connectivity index is 1.55. The van der Waals surface area contributed by atoms with Crippen LogP contribution in [0.15, 0.2) is 67.0 Å². The Kier molecular flexibility index (Phi) is 7.51. The molecule has 1 aliphatic heterocycles. The van der Waals surface area contributed by atoms with Crippen LogP contribution in [0.5, 0.6) is 5.75 Å². The van der Waals surface area contributed by atoms with Crippen molar-refractivity contribution in [3.8, 4) is 5.75 Å². The maximum Gasteiger partial charge on any atom is 0.251 e. The number of hydrogen-bond donors (Lipinski definition) is 1. The molecule has 0 aliphatic carbocycles. The molecule has 2 bridgehead atoms. The maximum absolute atomic E-state index is 12.8. The van der Waals surface area contributed by atoms with Gasteiger partial charge in [0.25, 0.3) is 5.91 Å². The molecule has 5 nitrogen and oxygen atoms in total. The Morgan fingerprint density at radius 2 is 1.97 bits per heavy atom. The van der Waals surface area contributed by atoms with Gasteiger partial charge in [0.15, 0.2) is 0 Å². The van der Waals surface area contributed by atoms with Crippen molar-refractivity contribution in [3.05, 3.63) is 94.8 Å². The molecule has 5 heteroatoms. The van der Waals surface area contributed by atoms with Crippen LogP contribution in [0.25, 0.3) is 0 Å². The van der Waals surface area contributed by atoms with Gasteiger partial charge in [0, 0.05) is 37.5 Å². The second kappa shape index (κ2) is 10.9. The van der Waals surface area contributed by atoms with E-state index in [0.717, 1.165) is 49.2 Å². The van der Waals surface area contributed by atoms with E-state index in [-0.39, 0.29) is 5.91 Å². The number of hydrogen-bond acceptors (Lipinski definition) is 4. The van der Waals surface area contributed by atoms with Crippen molar-refractivity contribution < 1.29 is 9.53 Å². The summed E-state index contributed by atoms with van der Waals surface area (Å²) >= 11 is 0. The van der Waals surface area contributed by atoms with Crippen molar-refractivity contribution in [2.75, 3.05) is 20.2 Å². The normalized spacial score (nSPS) is 15.2. The molecule has 0 saturated heterocycles. The second-order valence-corrected chi connectivity index (χ2v) is 8.51. The number of aromatic nitrogens is 1. The van der Waals surface area contributed by atoms with Crippen molar-refractivity contribution in [2.45, 2.75) is 38.8 Å². The maximum atomic E-state index is 12.8. The highest BCUT2D eigenvalue weighted by molar-refractivity contribution is 5.94. The molecule has 0 radical (unpaired) electrons. The van der Waals surface area contributed by atoms with E-state index in [2.05, 4.69) is 46.5 Å². The van der Waals surface area contributed by atoms with Crippen LogP contribution in [0.3, 0.4) is 0 Å². The summed E-state index contributed by atoms with van der Waals surface area (Å²) in [6.07, 6.45) is 7.58. The molecular formula is C27H31N3O2.